The summed E-state index contributed by atoms with van der Waals surface area (Å²) in [4.78, 5) is 25.3. The molecule has 33 heavy (non-hydrogen) atoms. The van der Waals surface area contributed by atoms with Gasteiger partial charge in [-0.2, -0.15) is 0 Å². The molecule has 6 nitrogen and oxygen atoms in total. The molecule has 1 heterocycles. The van der Waals surface area contributed by atoms with Crippen LogP contribution >= 0.6 is 19.4 Å². The van der Waals surface area contributed by atoms with E-state index in [2.05, 4.69) is 0 Å². The number of benzene rings is 3. The van der Waals surface area contributed by atoms with Crippen LogP contribution < -0.4 is 78.5 Å². The van der Waals surface area contributed by atoms with E-state index in [4.69, 9.17) is 20.9 Å². The van der Waals surface area contributed by atoms with Crippen LogP contribution in [0.1, 0.15) is 22.3 Å². The first-order valence-corrected chi connectivity index (χ1v) is 11.3. The van der Waals surface area contributed by atoms with Crippen molar-refractivity contribution in [1.82, 2.24) is 0 Å². The van der Waals surface area contributed by atoms with E-state index < -0.39 is 13.8 Å². The van der Waals surface area contributed by atoms with E-state index in [1.54, 1.807) is 18.2 Å². The molecule has 0 amide bonds. The maximum Gasteiger partial charge on any atom is 1.00 e. The zero-order valence-corrected chi connectivity index (χ0v) is 24.7. The molecule has 0 spiro atoms. The molecule has 0 fully saturated rings. The molecule has 0 saturated heterocycles. The fraction of sp³-hybridized carbons (Fsp3) is 0.130. The number of ether oxygens (including phenoxy) is 1. The summed E-state index contributed by atoms with van der Waals surface area (Å²) in [6.07, 6.45) is 0. The summed E-state index contributed by atoms with van der Waals surface area (Å²) >= 11 is 6.22. The molecule has 0 aromatic heterocycles. The topological polar surface area (TPSA) is 84.9 Å². The summed E-state index contributed by atoms with van der Waals surface area (Å²) in [5, 5.41) is 0.515. The molecule has 0 radical (unpaired) electrons. The second kappa shape index (κ2) is 11.3. The van der Waals surface area contributed by atoms with Gasteiger partial charge in [-0.05, 0) is 43.2 Å². The van der Waals surface area contributed by atoms with E-state index in [0.717, 1.165) is 22.5 Å². The minimum absolute atomic E-state index is 0. The van der Waals surface area contributed by atoms with Crippen LogP contribution in [0.4, 0.5) is 11.4 Å². The number of halogens is 1. The van der Waals surface area contributed by atoms with Gasteiger partial charge in [0.2, 0.25) is 0 Å². The Morgan fingerprint density at radius 1 is 0.909 bits per heavy atom. The first-order chi connectivity index (χ1) is 14.7. The van der Waals surface area contributed by atoms with Crippen molar-refractivity contribution in [2.45, 2.75) is 13.8 Å². The molecule has 4 rings (SSSR count). The molecule has 0 unspecified atom stereocenters. The SMILES string of the molecule is Cc1cccc(C)c1O/C(OP(=O)([O-])[O-])=C1/c2ccccc2N(C)c2cc(Cl)ccc21.[Na+].[Na+]. The fourth-order valence-corrected chi connectivity index (χ4v) is 4.23. The van der Waals surface area contributed by atoms with Crippen LogP contribution in [0.25, 0.3) is 5.57 Å². The van der Waals surface area contributed by atoms with Crippen molar-refractivity contribution in [3.8, 4) is 5.75 Å². The molecule has 1 aliphatic heterocycles. The van der Waals surface area contributed by atoms with Crippen LogP contribution in [-0.4, -0.2) is 7.05 Å². The molecule has 3 aromatic rings. The van der Waals surface area contributed by atoms with Crippen LogP contribution in [0, 0.1) is 13.8 Å². The van der Waals surface area contributed by atoms with Crippen LogP contribution in [-0.2, 0) is 9.09 Å². The van der Waals surface area contributed by atoms with Crippen molar-refractivity contribution >= 4 is 36.4 Å². The number of hydrogen-bond acceptors (Lipinski definition) is 6. The summed E-state index contributed by atoms with van der Waals surface area (Å²) in [7, 11) is -3.55. The number of hydrogen-bond donors (Lipinski definition) is 0. The Hall–Kier alpha value is -0.760. The summed E-state index contributed by atoms with van der Waals surface area (Å²) in [5.41, 5.74) is 4.69. The molecular formula is C23H19ClNNa2O5P. The predicted octanol–water partition coefficient (Wildman–Crippen LogP) is -1.31. The first-order valence-electron chi connectivity index (χ1n) is 9.49. The Morgan fingerprint density at radius 2 is 1.52 bits per heavy atom. The van der Waals surface area contributed by atoms with E-state index in [1.807, 2.05) is 68.3 Å². The predicted molar refractivity (Wildman–Crippen MR) is 117 cm³/mol. The van der Waals surface area contributed by atoms with Gasteiger partial charge in [-0.25, -0.2) is 0 Å². The molecule has 0 saturated carbocycles. The zero-order chi connectivity index (χ0) is 22.3. The van der Waals surface area contributed by atoms with Gasteiger partial charge in [0.15, 0.2) is 0 Å². The van der Waals surface area contributed by atoms with Gasteiger partial charge < -0.3 is 28.5 Å². The fourth-order valence-electron chi connectivity index (χ4n) is 3.74. The third-order valence-corrected chi connectivity index (χ3v) is 5.75. The number of anilines is 2. The number of rotatable bonds is 4. The molecule has 0 N–H and O–H groups in total. The second-order valence-electron chi connectivity index (χ2n) is 7.26. The number of nitrogens with zero attached hydrogens (tertiary/aromatic N) is 1. The van der Waals surface area contributed by atoms with Crippen LogP contribution in [0.3, 0.4) is 0 Å². The van der Waals surface area contributed by atoms with Gasteiger partial charge in [-0.3, -0.25) is 0 Å². The van der Waals surface area contributed by atoms with Crippen molar-refractivity contribution < 1.29 is 82.7 Å². The summed E-state index contributed by atoms with van der Waals surface area (Å²) in [6, 6.07) is 18.1. The number of phosphoric acid groups is 1. The Kier molecular flexibility index (Phi) is 9.77. The molecular weight excluding hydrogens is 483 g/mol. The van der Waals surface area contributed by atoms with Gasteiger partial charge in [-0.1, -0.05) is 54.1 Å². The van der Waals surface area contributed by atoms with Crippen molar-refractivity contribution in [2.24, 2.45) is 0 Å². The van der Waals surface area contributed by atoms with Gasteiger partial charge in [0.1, 0.15) is 13.6 Å². The van der Waals surface area contributed by atoms with Crippen molar-refractivity contribution in [3.05, 3.63) is 93.9 Å². The van der Waals surface area contributed by atoms with Crippen molar-refractivity contribution in [1.29, 1.82) is 0 Å². The smallest absolute Gasteiger partial charge is 0.780 e. The maximum absolute atomic E-state index is 11.7. The molecule has 0 aliphatic carbocycles. The van der Waals surface area contributed by atoms with E-state index >= 15 is 0 Å². The van der Waals surface area contributed by atoms with Gasteiger partial charge in [-0.15, -0.1) is 0 Å². The number of aryl methyl sites for hydroxylation is 2. The monoisotopic (exact) mass is 501 g/mol. The number of phosphoric ester groups is 1. The Morgan fingerprint density at radius 3 is 2.15 bits per heavy atom. The van der Waals surface area contributed by atoms with Crippen molar-refractivity contribution in [2.75, 3.05) is 11.9 Å². The molecule has 10 heteroatoms. The van der Waals surface area contributed by atoms with Crippen LogP contribution in [0.5, 0.6) is 5.75 Å². The summed E-state index contributed by atoms with van der Waals surface area (Å²) < 4.78 is 22.6. The summed E-state index contributed by atoms with van der Waals surface area (Å²) in [5.74, 6) is 0.0280. The average molecular weight is 502 g/mol. The minimum atomic E-state index is -5.43. The Labute approximate surface area is 242 Å². The van der Waals surface area contributed by atoms with Gasteiger partial charge in [0.25, 0.3) is 5.95 Å². The Balaban J connectivity index is 0.00000193. The molecule has 3 aromatic carbocycles. The Bertz CT molecular complexity index is 1240. The second-order valence-corrected chi connectivity index (χ2v) is 8.78. The number of fused-ring (bicyclic) bond motifs is 2. The van der Waals surface area contributed by atoms with Crippen LogP contribution in [0.2, 0.25) is 5.02 Å². The standard InChI is InChI=1S/C23H21ClNO5P.2Na/c1-14-7-6-8-15(2)22(14)29-23(30-31(26,27)28)21-17-9-4-5-10-19(17)25(3)20-13-16(24)11-12-18(20)21;;/h4-13H,1-3H3,(H2,26,27,28);;/q;2*+1/p-2/b23-21+;;. The molecule has 160 valence electrons. The van der Waals surface area contributed by atoms with E-state index in [1.165, 1.54) is 0 Å². The third-order valence-electron chi connectivity index (χ3n) is 5.13. The third kappa shape index (κ3) is 6.09. The van der Waals surface area contributed by atoms with Gasteiger partial charge in [0.05, 0.1) is 11.3 Å². The normalized spacial score (nSPS) is 13.7. The quantitative estimate of drug-likeness (QED) is 0.251. The molecule has 0 atom stereocenters. The molecule has 1 aliphatic rings. The van der Waals surface area contributed by atoms with Crippen molar-refractivity contribution in [3.63, 3.8) is 0 Å². The minimum Gasteiger partial charge on any atom is -0.780 e. The van der Waals surface area contributed by atoms with E-state index in [0.29, 0.717) is 27.5 Å². The summed E-state index contributed by atoms with van der Waals surface area (Å²) in [6.45, 7) is 3.66. The van der Waals surface area contributed by atoms with Gasteiger partial charge in [0, 0.05) is 28.9 Å². The average Bonchev–Trinajstić information content (AvgIpc) is 2.70. The first kappa shape index (κ1) is 28.5. The largest absolute Gasteiger partial charge is 1.00 e. The number of para-hydroxylation sites is 2. The zero-order valence-electron chi connectivity index (χ0n) is 19.1. The van der Waals surface area contributed by atoms with E-state index in [9.17, 15) is 14.4 Å². The van der Waals surface area contributed by atoms with E-state index in [-0.39, 0.29) is 59.1 Å². The van der Waals surface area contributed by atoms with Gasteiger partial charge >= 0.3 is 59.1 Å². The van der Waals surface area contributed by atoms with Crippen LogP contribution in [0.15, 0.2) is 66.6 Å². The maximum atomic E-state index is 11.7. The molecule has 0 bridgehead atoms.